The summed E-state index contributed by atoms with van der Waals surface area (Å²) in [5.74, 6) is -0.580. The van der Waals surface area contributed by atoms with Crippen molar-refractivity contribution < 1.29 is 14.7 Å². The zero-order valence-corrected chi connectivity index (χ0v) is 14.1. The first kappa shape index (κ1) is 17.0. The summed E-state index contributed by atoms with van der Waals surface area (Å²) in [7, 11) is 0. The number of rotatable bonds is 3. The molecule has 122 valence electrons. The number of carbonyl (C=O) groups excluding carboxylic acids is 1. The normalized spacial score (nSPS) is 27.9. The van der Waals surface area contributed by atoms with Gasteiger partial charge >= 0.3 is 5.97 Å². The molecule has 7 heteroatoms. The van der Waals surface area contributed by atoms with Gasteiger partial charge in [-0.2, -0.15) is 5.10 Å². The minimum Gasteiger partial charge on any atom is -0.481 e. The third-order valence-electron chi connectivity index (χ3n) is 4.21. The van der Waals surface area contributed by atoms with Gasteiger partial charge in [-0.15, -0.1) is 5.10 Å². The Kier molecular flexibility index (Phi) is 5.26. The van der Waals surface area contributed by atoms with E-state index in [0.29, 0.717) is 16.5 Å². The van der Waals surface area contributed by atoms with E-state index in [1.54, 1.807) is 0 Å². The zero-order valence-electron chi connectivity index (χ0n) is 13.3. The second-order valence-corrected chi connectivity index (χ2v) is 8.10. The molecule has 0 unspecified atom stereocenters. The molecule has 0 bridgehead atoms. The number of carboxylic acid groups (broad SMARTS) is 1. The summed E-state index contributed by atoms with van der Waals surface area (Å²) in [6.07, 6.45) is 3.92. The number of aliphatic carboxylic acids is 1. The van der Waals surface area contributed by atoms with Gasteiger partial charge in [-0.25, -0.2) is 0 Å². The van der Waals surface area contributed by atoms with Crippen molar-refractivity contribution in [2.24, 2.45) is 21.5 Å². The van der Waals surface area contributed by atoms with E-state index in [0.717, 1.165) is 43.2 Å². The van der Waals surface area contributed by atoms with Gasteiger partial charge in [0.1, 0.15) is 5.25 Å². The molecule has 0 aromatic rings. The summed E-state index contributed by atoms with van der Waals surface area (Å²) in [4.78, 5) is 22.3. The molecule has 2 N–H and O–H groups in total. The molecule has 1 saturated heterocycles. The number of amidine groups is 1. The van der Waals surface area contributed by atoms with Crippen LogP contribution < -0.4 is 5.32 Å². The highest BCUT2D eigenvalue weighted by Crippen LogP contribution is 2.36. The molecular weight excluding hydrogens is 302 g/mol. The van der Waals surface area contributed by atoms with Gasteiger partial charge in [-0.1, -0.05) is 32.5 Å². The number of hydrogen-bond acceptors (Lipinski definition) is 5. The SMILES string of the molecule is CC(C)(C)C1CCC(=N/N=C2/NC(=O)[C@H](CC(=O)O)S2)CC1. The molecular formula is C15H23N3O3S. The molecule has 2 rings (SSSR count). The molecule has 1 aliphatic heterocycles. The highest BCUT2D eigenvalue weighted by molar-refractivity contribution is 8.15. The smallest absolute Gasteiger partial charge is 0.305 e. The third-order valence-corrected chi connectivity index (χ3v) is 5.28. The fourth-order valence-electron chi connectivity index (χ4n) is 2.78. The fraction of sp³-hybridized carbons (Fsp3) is 0.733. The molecule has 0 aromatic carbocycles. The lowest BCUT2D eigenvalue weighted by Gasteiger charge is -2.34. The van der Waals surface area contributed by atoms with E-state index in [4.69, 9.17) is 5.11 Å². The molecule has 1 amide bonds. The van der Waals surface area contributed by atoms with Crippen LogP contribution in [0.5, 0.6) is 0 Å². The lowest BCUT2D eigenvalue weighted by Crippen LogP contribution is -2.26. The maximum absolute atomic E-state index is 11.6. The van der Waals surface area contributed by atoms with E-state index in [9.17, 15) is 9.59 Å². The Bertz CT molecular complexity index is 513. The van der Waals surface area contributed by atoms with Gasteiger partial charge in [0.15, 0.2) is 5.17 Å². The number of hydrogen-bond donors (Lipinski definition) is 2. The third kappa shape index (κ3) is 4.56. The minimum atomic E-state index is -0.985. The lowest BCUT2D eigenvalue weighted by molar-refractivity contribution is -0.138. The summed E-state index contributed by atoms with van der Waals surface area (Å²) in [6, 6.07) is 0. The number of thioether (sulfide) groups is 1. The largest absolute Gasteiger partial charge is 0.481 e. The van der Waals surface area contributed by atoms with E-state index in [1.165, 1.54) is 0 Å². The van der Waals surface area contributed by atoms with Crippen molar-refractivity contribution in [1.82, 2.24) is 5.32 Å². The maximum atomic E-state index is 11.6. The van der Waals surface area contributed by atoms with E-state index in [1.807, 2.05) is 0 Å². The van der Waals surface area contributed by atoms with E-state index in [2.05, 4.69) is 36.3 Å². The molecule has 0 aromatic heterocycles. The zero-order chi connectivity index (χ0) is 16.3. The van der Waals surface area contributed by atoms with Crippen LogP contribution in [0.15, 0.2) is 10.2 Å². The molecule has 2 aliphatic rings. The predicted molar refractivity (Wildman–Crippen MR) is 88.1 cm³/mol. The average Bonchev–Trinajstić information content (AvgIpc) is 2.76. The van der Waals surface area contributed by atoms with E-state index in [-0.39, 0.29) is 12.3 Å². The van der Waals surface area contributed by atoms with Crippen molar-refractivity contribution in [1.29, 1.82) is 0 Å². The molecule has 1 heterocycles. The fourth-order valence-corrected chi connectivity index (χ4v) is 3.69. The van der Waals surface area contributed by atoms with Crippen LogP contribution in [0, 0.1) is 11.3 Å². The lowest BCUT2D eigenvalue weighted by atomic mass is 9.72. The number of amides is 1. The van der Waals surface area contributed by atoms with E-state index >= 15 is 0 Å². The van der Waals surface area contributed by atoms with Crippen LogP contribution in [0.2, 0.25) is 0 Å². The molecule has 1 saturated carbocycles. The number of carbonyl (C=O) groups is 2. The predicted octanol–water partition coefficient (Wildman–Crippen LogP) is 2.64. The molecule has 2 fully saturated rings. The van der Waals surface area contributed by atoms with E-state index < -0.39 is 11.2 Å². The molecule has 1 aliphatic carbocycles. The van der Waals surface area contributed by atoms with Gasteiger partial charge in [-0.05, 0) is 37.0 Å². The van der Waals surface area contributed by atoms with Gasteiger partial charge in [0.05, 0.1) is 6.42 Å². The van der Waals surface area contributed by atoms with Gasteiger partial charge < -0.3 is 10.4 Å². The van der Waals surface area contributed by atoms with Gasteiger partial charge in [-0.3, -0.25) is 9.59 Å². The summed E-state index contributed by atoms with van der Waals surface area (Å²) in [5.41, 5.74) is 1.39. The topological polar surface area (TPSA) is 91.1 Å². The second kappa shape index (κ2) is 6.81. The Balaban J connectivity index is 1.90. The Morgan fingerprint density at radius 3 is 2.50 bits per heavy atom. The van der Waals surface area contributed by atoms with Crippen LogP contribution in [-0.4, -0.2) is 33.1 Å². The molecule has 1 atom stereocenters. The second-order valence-electron chi connectivity index (χ2n) is 6.91. The van der Waals surface area contributed by atoms with Crippen LogP contribution in [0.3, 0.4) is 0 Å². The monoisotopic (exact) mass is 325 g/mol. The number of nitrogens with zero attached hydrogens (tertiary/aromatic N) is 2. The Morgan fingerprint density at radius 2 is 1.95 bits per heavy atom. The summed E-state index contributed by atoms with van der Waals surface area (Å²) < 4.78 is 0. The number of carboxylic acids is 1. The van der Waals surface area contributed by atoms with Crippen LogP contribution in [0.25, 0.3) is 0 Å². The first-order chi connectivity index (χ1) is 10.3. The van der Waals surface area contributed by atoms with Gasteiger partial charge in [0, 0.05) is 5.71 Å². The Labute approximate surface area is 134 Å². The highest BCUT2D eigenvalue weighted by Gasteiger charge is 2.32. The van der Waals surface area contributed by atoms with Gasteiger partial charge in [0.25, 0.3) is 0 Å². The van der Waals surface area contributed by atoms with Crippen molar-refractivity contribution in [3.63, 3.8) is 0 Å². The minimum absolute atomic E-state index is 0.195. The molecule has 0 spiro atoms. The van der Waals surface area contributed by atoms with Crippen molar-refractivity contribution in [3.05, 3.63) is 0 Å². The van der Waals surface area contributed by atoms with Crippen molar-refractivity contribution >= 4 is 34.5 Å². The van der Waals surface area contributed by atoms with Gasteiger partial charge in [0.2, 0.25) is 5.91 Å². The highest BCUT2D eigenvalue weighted by atomic mass is 32.2. The van der Waals surface area contributed by atoms with Crippen LogP contribution >= 0.6 is 11.8 Å². The van der Waals surface area contributed by atoms with Crippen LogP contribution in [-0.2, 0) is 9.59 Å². The molecule has 6 nitrogen and oxygen atoms in total. The Morgan fingerprint density at radius 1 is 1.32 bits per heavy atom. The number of nitrogens with one attached hydrogen (secondary N) is 1. The molecule has 22 heavy (non-hydrogen) atoms. The summed E-state index contributed by atoms with van der Waals surface area (Å²) in [6.45, 7) is 6.81. The Hall–Kier alpha value is -1.37. The quantitative estimate of drug-likeness (QED) is 0.780. The maximum Gasteiger partial charge on any atom is 0.305 e. The standard InChI is InChI=1S/C15H23N3O3S/c1-15(2,3)9-4-6-10(7-5-9)17-18-14-16-13(21)11(22-14)8-12(19)20/h9,11H,4-8H2,1-3H3,(H,19,20)(H,16,18,21)/t9?,11-/m0/s1. The summed E-state index contributed by atoms with van der Waals surface area (Å²) in [5, 5.41) is 19.5. The van der Waals surface area contributed by atoms with Crippen molar-refractivity contribution in [3.8, 4) is 0 Å². The van der Waals surface area contributed by atoms with Crippen LogP contribution in [0.1, 0.15) is 52.9 Å². The first-order valence-electron chi connectivity index (χ1n) is 7.58. The average molecular weight is 325 g/mol. The summed E-state index contributed by atoms with van der Waals surface area (Å²) >= 11 is 1.14. The van der Waals surface area contributed by atoms with Crippen molar-refractivity contribution in [2.75, 3.05) is 0 Å². The first-order valence-corrected chi connectivity index (χ1v) is 8.46. The van der Waals surface area contributed by atoms with Crippen LogP contribution in [0.4, 0.5) is 0 Å². The molecule has 0 radical (unpaired) electrons. The van der Waals surface area contributed by atoms with Crippen molar-refractivity contribution in [2.45, 2.75) is 58.1 Å².